The van der Waals surface area contributed by atoms with E-state index in [1.165, 1.54) is 0 Å². The molecule has 0 bridgehead atoms. The van der Waals surface area contributed by atoms with Crippen molar-refractivity contribution in [3.8, 4) is 0 Å². The van der Waals surface area contributed by atoms with Crippen LogP contribution in [-0.4, -0.2) is 40.1 Å². The number of aliphatic hydroxyl groups is 3. The Hall–Kier alpha value is -0.200. The first kappa shape index (κ1) is 15.7. The fourth-order valence-electron chi connectivity index (χ4n) is 0.0577. The lowest BCUT2D eigenvalue weighted by Gasteiger charge is -1.96. The van der Waals surface area contributed by atoms with Crippen molar-refractivity contribution in [2.45, 2.75) is 6.10 Å². The lowest BCUT2D eigenvalue weighted by Crippen LogP contribution is -2.15. The summed E-state index contributed by atoms with van der Waals surface area (Å²) in [5.74, 6) is 0. The molecule has 8 N–H and O–H groups in total. The number of hydrogen-bond acceptors (Lipinski definition) is 4. The highest BCUT2D eigenvalue weighted by atomic mass is 16.3. The summed E-state index contributed by atoms with van der Waals surface area (Å²) in [6, 6.07) is 0. The normalized spacial score (nSPS) is 7.50. The minimum absolute atomic E-state index is 0. The van der Waals surface area contributed by atoms with Gasteiger partial charge >= 0.3 is 0 Å². The molecular weight excluding hydrogens is 114 g/mol. The van der Waals surface area contributed by atoms with E-state index in [4.69, 9.17) is 15.3 Å². The molecule has 54 valence electrons. The highest BCUT2D eigenvalue weighted by molar-refractivity contribution is 4.43. The van der Waals surface area contributed by atoms with Crippen LogP contribution in [0.15, 0.2) is 0 Å². The third-order valence-electron chi connectivity index (χ3n) is 0.421. The molecule has 0 rings (SSSR count). The van der Waals surface area contributed by atoms with E-state index in [9.17, 15) is 0 Å². The van der Waals surface area contributed by atoms with Crippen molar-refractivity contribution in [2.75, 3.05) is 13.2 Å². The van der Waals surface area contributed by atoms with Crippen molar-refractivity contribution < 1.29 is 20.8 Å². The quantitative estimate of drug-likeness (QED) is 0.361. The average molecular weight is 127 g/mol. The van der Waals surface area contributed by atoms with Gasteiger partial charge < -0.3 is 26.9 Å². The second-order valence-corrected chi connectivity index (χ2v) is 1.02. The van der Waals surface area contributed by atoms with Crippen molar-refractivity contribution in [1.82, 2.24) is 6.15 Å². The Kier molecular flexibility index (Phi) is 19.4. The van der Waals surface area contributed by atoms with Gasteiger partial charge in [-0.05, 0) is 0 Å². The zero-order valence-corrected chi connectivity index (χ0v) is 4.78. The molecule has 0 saturated carbocycles. The van der Waals surface area contributed by atoms with Crippen LogP contribution in [0, 0.1) is 0 Å². The van der Waals surface area contributed by atoms with E-state index in [1.54, 1.807) is 0 Å². The number of aliphatic hydroxyl groups excluding tert-OH is 3. The second kappa shape index (κ2) is 9.93. The molecule has 0 aromatic carbocycles. The summed E-state index contributed by atoms with van der Waals surface area (Å²) < 4.78 is 0. The average Bonchev–Trinajstić information content (AvgIpc) is 1.65. The molecule has 0 amide bonds. The SMILES string of the molecule is OCC(O)CO.[NH4+].[OH-]. The maximum atomic E-state index is 8.17. The van der Waals surface area contributed by atoms with Crippen molar-refractivity contribution in [3.05, 3.63) is 0 Å². The zero-order valence-electron chi connectivity index (χ0n) is 4.78. The smallest absolute Gasteiger partial charge is 0.100 e. The van der Waals surface area contributed by atoms with Crippen LogP contribution in [0.3, 0.4) is 0 Å². The number of hydrogen-bond donors (Lipinski definition) is 4. The Bertz CT molecular complexity index is 30.5. The summed E-state index contributed by atoms with van der Waals surface area (Å²) in [7, 11) is 0. The molecule has 0 aliphatic carbocycles. The molecule has 5 heteroatoms. The van der Waals surface area contributed by atoms with Gasteiger partial charge in [0.25, 0.3) is 0 Å². The first-order valence-corrected chi connectivity index (χ1v) is 1.71. The third-order valence-corrected chi connectivity index (χ3v) is 0.421. The van der Waals surface area contributed by atoms with E-state index >= 15 is 0 Å². The van der Waals surface area contributed by atoms with Crippen LogP contribution in [-0.2, 0) is 0 Å². The van der Waals surface area contributed by atoms with Gasteiger partial charge in [-0.25, -0.2) is 0 Å². The summed E-state index contributed by atoms with van der Waals surface area (Å²) in [6.45, 7) is -0.729. The predicted molar refractivity (Wildman–Crippen MR) is 28.1 cm³/mol. The monoisotopic (exact) mass is 127 g/mol. The standard InChI is InChI=1S/C3H8O3.H3N.H2O/c4-1-3(6)2-5;;/h3-6H,1-2H2;1H3;1H2. The summed E-state index contributed by atoms with van der Waals surface area (Å²) in [4.78, 5) is 0. The minimum Gasteiger partial charge on any atom is -0.870 e. The fraction of sp³-hybridized carbons (Fsp3) is 1.00. The van der Waals surface area contributed by atoms with Crippen LogP contribution < -0.4 is 6.15 Å². The van der Waals surface area contributed by atoms with Gasteiger partial charge in [-0.15, -0.1) is 0 Å². The Balaban J connectivity index is -0.000000125. The summed E-state index contributed by atoms with van der Waals surface area (Å²) in [5.41, 5.74) is 0. The molecule has 0 aliphatic rings. The van der Waals surface area contributed by atoms with Crippen LogP contribution in [0.1, 0.15) is 0 Å². The number of rotatable bonds is 2. The maximum absolute atomic E-state index is 8.17. The summed E-state index contributed by atoms with van der Waals surface area (Å²) >= 11 is 0. The third kappa shape index (κ3) is 9.25. The molecule has 0 heterocycles. The van der Waals surface area contributed by atoms with E-state index < -0.39 is 6.10 Å². The lowest BCUT2D eigenvalue weighted by atomic mass is 10.4. The molecule has 0 spiro atoms. The Labute approximate surface area is 47.5 Å². The molecule has 0 aromatic rings. The second-order valence-electron chi connectivity index (χ2n) is 1.02. The van der Waals surface area contributed by atoms with Gasteiger partial charge in [0.05, 0.1) is 13.2 Å². The molecule has 0 unspecified atom stereocenters. The van der Waals surface area contributed by atoms with Crippen LogP contribution in [0.25, 0.3) is 0 Å². The van der Waals surface area contributed by atoms with Gasteiger partial charge in [0.1, 0.15) is 6.10 Å². The molecular formula is C3H13NO4. The van der Waals surface area contributed by atoms with E-state index in [0.717, 1.165) is 0 Å². The van der Waals surface area contributed by atoms with Crippen molar-refractivity contribution in [1.29, 1.82) is 0 Å². The summed E-state index contributed by atoms with van der Waals surface area (Å²) in [6.07, 6.45) is -0.954. The molecule has 0 aromatic heterocycles. The van der Waals surface area contributed by atoms with Crippen molar-refractivity contribution >= 4 is 0 Å². The predicted octanol–water partition coefficient (Wildman–Crippen LogP) is -1.47. The van der Waals surface area contributed by atoms with Gasteiger partial charge in [-0.3, -0.25) is 0 Å². The molecule has 0 saturated heterocycles. The zero-order chi connectivity index (χ0) is 4.99. The van der Waals surface area contributed by atoms with E-state index in [-0.39, 0.29) is 24.8 Å². The Morgan fingerprint density at radius 3 is 1.38 bits per heavy atom. The van der Waals surface area contributed by atoms with Gasteiger partial charge in [0.15, 0.2) is 0 Å². The van der Waals surface area contributed by atoms with Crippen LogP contribution in [0.2, 0.25) is 0 Å². The first-order valence-electron chi connectivity index (χ1n) is 1.71. The topological polar surface area (TPSA) is 127 Å². The first-order chi connectivity index (χ1) is 2.81. The molecule has 0 atom stereocenters. The van der Waals surface area contributed by atoms with E-state index in [1.807, 2.05) is 0 Å². The molecule has 0 fully saturated rings. The fourth-order valence-corrected chi connectivity index (χ4v) is 0.0577. The molecule has 8 heavy (non-hydrogen) atoms. The maximum Gasteiger partial charge on any atom is 0.100 e. The van der Waals surface area contributed by atoms with Crippen LogP contribution >= 0.6 is 0 Å². The molecule has 5 nitrogen and oxygen atoms in total. The summed E-state index contributed by atoms with van der Waals surface area (Å²) in [5, 5.41) is 24.0. The van der Waals surface area contributed by atoms with Crippen LogP contribution in [0.4, 0.5) is 0 Å². The van der Waals surface area contributed by atoms with Crippen LogP contribution in [0.5, 0.6) is 0 Å². The Morgan fingerprint density at radius 1 is 1.12 bits per heavy atom. The van der Waals surface area contributed by atoms with Gasteiger partial charge in [-0.2, -0.15) is 0 Å². The van der Waals surface area contributed by atoms with Crippen molar-refractivity contribution in [2.24, 2.45) is 0 Å². The highest BCUT2D eigenvalue weighted by Crippen LogP contribution is 1.71. The van der Waals surface area contributed by atoms with Gasteiger partial charge in [0, 0.05) is 0 Å². The van der Waals surface area contributed by atoms with E-state index in [0.29, 0.717) is 0 Å². The molecule has 0 radical (unpaired) electrons. The highest BCUT2D eigenvalue weighted by Gasteiger charge is 1.93. The number of quaternary nitrogens is 1. The molecule has 0 aliphatic heterocycles. The Morgan fingerprint density at radius 2 is 1.38 bits per heavy atom. The van der Waals surface area contributed by atoms with Crippen molar-refractivity contribution in [3.63, 3.8) is 0 Å². The lowest BCUT2D eigenvalue weighted by molar-refractivity contribution is 0.0450. The largest absolute Gasteiger partial charge is 0.870 e. The van der Waals surface area contributed by atoms with E-state index in [2.05, 4.69) is 0 Å². The van der Waals surface area contributed by atoms with Gasteiger partial charge in [-0.1, -0.05) is 0 Å². The minimum atomic E-state index is -0.954. The van der Waals surface area contributed by atoms with Gasteiger partial charge in [0.2, 0.25) is 0 Å².